The normalized spacial score (nSPS) is 10.4. The second-order valence-corrected chi connectivity index (χ2v) is 5.06. The van der Waals surface area contributed by atoms with Crippen LogP contribution in [0.2, 0.25) is 5.02 Å². The summed E-state index contributed by atoms with van der Waals surface area (Å²) in [6.45, 7) is 2.76. The zero-order valence-electron chi connectivity index (χ0n) is 8.96. The summed E-state index contributed by atoms with van der Waals surface area (Å²) in [6.07, 6.45) is 0. The molecule has 1 aromatic heterocycles. The molecule has 0 radical (unpaired) electrons. The van der Waals surface area contributed by atoms with Gasteiger partial charge in [-0.3, -0.25) is 0 Å². The third kappa shape index (κ3) is 2.49. The molecule has 4 heteroatoms. The fourth-order valence-corrected chi connectivity index (χ4v) is 2.26. The molecule has 1 heterocycles. The van der Waals surface area contributed by atoms with E-state index < -0.39 is 0 Å². The molecule has 0 aliphatic rings. The Labute approximate surface area is 104 Å². The number of thiophene rings is 1. The molecule has 0 amide bonds. The summed E-state index contributed by atoms with van der Waals surface area (Å²) in [5.74, 6) is 0. The molecule has 0 aliphatic carbocycles. The van der Waals surface area contributed by atoms with E-state index in [1.807, 2.05) is 19.1 Å². The number of benzene rings is 1. The van der Waals surface area contributed by atoms with Crippen LogP contribution in [-0.2, 0) is 6.54 Å². The van der Waals surface area contributed by atoms with Crippen molar-refractivity contribution in [2.75, 3.05) is 11.1 Å². The lowest BCUT2D eigenvalue weighted by atomic mass is 10.2. The van der Waals surface area contributed by atoms with Gasteiger partial charge in [-0.25, -0.2) is 0 Å². The van der Waals surface area contributed by atoms with Gasteiger partial charge in [-0.2, -0.15) is 0 Å². The first-order chi connectivity index (χ1) is 7.66. The summed E-state index contributed by atoms with van der Waals surface area (Å²) in [7, 11) is 0. The van der Waals surface area contributed by atoms with Crippen molar-refractivity contribution in [1.82, 2.24) is 0 Å². The number of nitrogens with one attached hydrogen (secondary N) is 1. The summed E-state index contributed by atoms with van der Waals surface area (Å²) in [6, 6.07) is 7.90. The smallest absolute Gasteiger partial charge is 0.0580 e. The van der Waals surface area contributed by atoms with E-state index in [9.17, 15) is 0 Å². The highest BCUT2D eigenvalue weighted by molar-refractivity contribution is 7.09. The van der Waals surface area contributed by atoms with Gasteiger partial charge in [0.2, 0.25) is 0 Å². The minimum Gasteiger partial charge on any atom is -0.397 e. The molecule has 0 aliphatic heterocycles. The second kappa shape index (κ2) is 4.76. The number of nitrogen functional groups attached to an aromatic ring is 1. The average molecular weight is 253 g/mol. The van der Waals surface area contributed by atoms with Gasteiger partial charge < -0.3 is 11.1 Å². The predicted octanol–water partition coefficient (Wildman–Crippen LogP) is 3.90. The van der Waals surface area contributed by atoms with E-state index in [0.29, 0.717) is 10.7 Å². The van der Waals surface area contributed by atoms with Crippen molar-refractivity contribution in [3.05, 3.63) is 45.1 Å². The lowest BCUT2D eigenvalue weighted by Crippen LogP contribution is -2.01. The summed E-state index contributed by atoms with van der Waals surface area (Å²) >= 11 is 7.71. The van der Waals surface area contributed by atoms with Crippen molar-refractivity contribution in [1.29, 1.82) is 0 Å². The maximum atomic E-state index is 5.98. The zero-order chi connectivity index (χ0) is 11.5. The van der Waals surface area contributed by atoms with Crippen molar-refractivity contribution in [2.45, 2.75) is 13.5 Å². The van der Waals surface area contributed by atoms with Crippen LogP contribution in [0.25, 0.3) is 0 Å². The monoisotopic (exact) mass is 252 g/mol. The fourth-order valence-electron chi connectivity index (χ4n) is 1.45. The van der Waals surface area contributed by atoms with Gasteiger partial charge in [0.1, 0.15) is 0 Å². The highest BCUT2D eigenvalue weighted by Crippen LogP contribution is 2.27. The number of rotatable bonds is 3. The number of anilines is 2. The fraction of sp³-hybridized carbons (Fsp3) is 0.167. The first-order valence-corrected chi connectivity index (χ1v) is 6.24. The number of hydrogen-bond acceptors (Lipinski definition) is 3. The van der Waals surface area contributed by atoms with Crippen LogP contribution in [0.1, 0.15) is 10.4 Å². The molecule has 0 saturated carbocycles. The maximum absolute atomic E-state index is 5.98. The molecule has 0 spiro atoms. The minimum absolute atomic E-state index is 0.687. The second-order valence-electron chi connectivity index (χ2n) is 3.62. The Kier molecular flexibility index (Phi) is 3.36. The van der Waals surface area contributed by atoms with E-state index in [1.165, 1.54) is 4.88 Å². The highest BCUT2D eigenvalue weighted by Gasteiger charge is 2.03. The van der Waals surface area contributed by atoms with Crippen molar-refractivity contribution in [3.63, 3.8) is 0 Å². The number of hydrogen-bond donors (Lipinski definition) is 2. The molecule has 2 rings (SSSR count). The molecule has 0 unspecified atom stereocenters. The molecule has 2 aromatic rings. The molecule has 0 bridgehead atoms. The molecule has 84 valence electrons. The van der Waals surface area contributed by atoms with Gasteiger partial charge in [-0.15, -0.1) is 11.3 Å². The van der Waals surface area contributed by atoms with Gasteiger partial charge in [-0.05, 0) is 36.1 Å². The molecule has 0 fully saturated rings. The third-order valence-electron chi connectivity index (χ3n) is 2.36. The van der Waals surface area contributed by atoms with Gasteiger partial charge >= 0.3 is 0 Å². The molecule has 0 atom stereocenters. The SMILES string of the molecule is Cc1cc(NCc2cccs2)c(N)cc1Cl. The van der Waals surface area contributed by atoms with E-state index in [1.54, 1.807) is 17.4 Å². The first kappa shape index (κ1) is 11.3. The summed E-state index contributed by atoms with van der Waals surface area (Å²) < 4.78 is 0. The topological polar surface area (TPSA) is 38.0 Å². The number of aryl methyl sites for hydroxylation is 1. The molecular weight excluding hydrogens is 240 g/mol. The first-order valence-electron chi connectivity index (χ1n) is 4.98. The van der Waals surface area contributed by atoms with E-state index in [0.717, 1.165) is 17.8 Å². The van der Waals surface area contributed by atoms with Gasteiger partial charge in [-0.1, -0.05) is 17.7 Å². The Balaban J connectivity index is 2.12. The lowest BCUT2D eigenvalue weighted by Gasteiger charge is -2.10. The van der Waals surface area contributed by atoms with Crippen LogP contribution in [0.4, 0.5) is 11.4 Å². The summed E-state index contributed by atoms with van der Waals surface area (Å²) in [5, 5.41) is 6.08. The van der Waals surface area contributed by atoms with Gasteiger partial charge in [0, 0.05) is 16.4 Å². The number of nitrogens with two attached hydrogens (primary N) is 1. The molecular formula is C12H13ClN2S. The average Bonchev–Trinajstić information content (AvgIpc) is 2.74. The van der Waals surface area contributed by atoms with Crippen LogP contribution < -0.4 is 11.1 Å². The highest BCUT2D eigenvalue weighted by atomic mass is 35.5. The van der Waals surface area contributed by atoms with E-state index in [-0.39, 0.29) is 0 Å². The third-order valence-corrected chi connectivity index (χ3v) is 3.65. The predicted molar refractivity (Wildman–Crippen MR) is 72.2 cm³/mol. The van der Waals surface area contributed by atoms with Crippen LogP contribution in [0.15, 0.2) is 29.6 Å². The van der Waals surface area contributed by atoms with Crippen LogP contribution >= 0.6 is 22.9 Å². The summed E-state index contributed by atoms with van der Waals surface area (Å²) in [5.41, 5.74) is 8.55. The number of halogens is 1. The Morgan fingerprint density at radius 3 is 2.94 bits per heavy atom. The Morgan fingerprint density at radius 1 is 1.44 bits per heavy atom. The van der Waals surface area contributed by atoms with Crippen LogP contribution in [0, 0.1) is 6.92 Å². The largest absolute Gasteiger partial charge is 0.397 e. The Morgan fingerprint density at radius 2 is 2.25 bits per heavy atom. The van der Waals surface area contributed by atoms with Crippen molar-refractivity contribution in [3.8, 4) is 0 Å². The van der Waals surface area contributed by atoms with Gasteiger partial charge in [0.15, 0.2) is 0 Å². The molecule has 16 heavy (non-hydrogen) atoms. The van der Waals surface area contributed by atoms with Crippen LogP contribution in [-0.4, -0.2) is 0 Å². The molecule has 3 N–H and O–H groups in total. The summed E-state index contributed by atoms with van der Waals surface area (Å²) in [4.78, 5) is 1.28. The minimum atomic E-state index is 0.687. The standard InChI is InChI=1S/C12H13ClN2S/c1-8-5-12(11(14)6-10(8)13)15-7-9-3-2-4-16-9/h2-6,15H,7,14H2,1H3. The Hall–Kier alpha value is -1.19. The van der Waals surface area contributed by atoms with E-state index in [2.05, 4.69) is 16.8 Å². The van der Waals surface area contributed by atoms with E-state index >= 15 is 0 Å². The van der Waals surface area contributed by atoms with Gasteiger partial charge in [0.25, 0.3) is 0 Å². The Bertz CT molecular complexity index is 480. The van der Waals surface area contributed by atoms with Crippen molar-refractivity contribution >= 4 is 34.3 Å². The van der Waals surface area contributed by atoms with Crippen LogP contribution in [0.3, 0.4) is 0 Å². The molecule has 2 nitrogen and oxygen atoms in total. The quantitative estimate of drug-likeness (QED) is 0.813. The maximum Gasteiger partial charge on any atom is 0.0580 e. The molecule has 1 aromatic carbocycles. The van der Waals surface area contributed by atoms with Gasteiger partial charge in [0.05, 0.1) is 11.4 Å². The zero-order valence-corrected chi connectivity index (χ0v) is 10.5. The molecule has 0 saturated heterocycles. The van der Waals surface area contributed by atoms with Crippen LogP contribution in [0.5, 0.6) is 0 Å². The van der Waals surface area contributed by atoms with Crippen molar-refractivity contribution in [2.24, 2.45) is 0 Å². The lowest BCUT2D eigenvalue weighted by molar-refractivity contribution is 1.19. The van der Waals surface area contributed by atoms with Crippen molar-refractivity contribution < 1.29 is 0 Å². The van der Waals surface area contributed by atoms with E-state index in [4.69, 9.17) is 17.3 Å².